The maximum Gasteiger partial charge on any atom is 0.245 e. The summed E-state index contributed by atoms with van der Waals surface area (Å²) < 4.78 is 0. The summed E-state index contributed by atoms with van der Waals surface area (Å²) in [5.41, 5.74) is 0. The second-order valence-electron chi connectivity index (χ2n) is 3.73. The molecule has 0 radical (unpaired) electrons. The van der Waals surface area contributed by atoms with Crippen LogP contribution < -0.4 is 10.2 Å². The number of carbonyl (C=O) groups is 1. The van der Waals surface area contributed by atoms with Crippen molar-refractivity contribution in [3.05, 3.63) is 24.4 Å². The van der Waals surface area contributed by atoms with Crippen LogP contribution in [0.2, 0.25) is 0 Å². The highest BCUT2D eigenvalue weighted by molar-refractivity contribution is 5.96. The average Bonchev–Trinajstić information content (AvgIpc) is 2.82. The number of likely N-dealkylation sites (N-methyl/N-ethyl adjacent to an activating group) is 1. The number of amides is 1. The van der Waals surface area contributed by atoms with E-state index < -0.39 is 0 Å². The number of nitrogens with zero attached hydrogens (tertiary/aromatic N) is 2. The van der Waals surface area contributed by atoms with Gasteiger partial charge in [-0.05, 0) is 31.5 Å². The Balaban J connectivity index is 2.07. The molecular weight excluding hydrogens is 190 g/mol. The van der Waals surface area contributed by atoms with E-state index in [1.807, 2.05) is 18.2 Å². The Morgan fingerprint density at radius 2 is 2.47 bits per heavy atom. The number of aromatic nitrogens is 1. The number of rotatable bonds is 2. The summed E-state index contributed by atoms with van der Waals surface area (Å²) in [5.74, 6) is 0.808. The van der Waals surface area contributed by atoms with E-state index in [1.54, 1.807) is 18.1 Å². The molecule has 80 valence electrons. The van der Waals surface area contributed by atoms with Gasteiger partial charge in [-0.15, -0.1) is 0 Å². The Morgan fingerprint density at radius 3 is 3.07 bits per heavy atom. The van der Waals surface area contributed by atoms with E-state index in [2.05, 4.69) is 10.3 Å². The molecule has 0 bridgehead atoms. The van der Waals surface area contributed by atoms with Crippen LogP contribution in [0, 0.1) is 0 Å². The zero-order valence-corrected chi connectivity index (χ0v) is 8.81. The Labute approximate surface area is 89.3 Å². The first-order valence-corrected chi connectivity index (χ1v) is 5.21. The molecule has 0 aromatic carbocycles. The van der Waals surface area contributed by atoms with Gasteiger partial charge in [-0.1, -0.05) is 6.07 Å². The van der Waals surface area contributed by atoms with Gasteiger partial charge in [-0.2, -0.15) is 0 Å². The zero-order valence-electron chi connectivity index (χ0n) is 8.81. The molecule has 1 aromatic rings. The largest absolute Gasteiger partial charge is 0.306 e. The maximum absolute atomic E-state index is 12.0. The van der Waals surface area contributed by atoms with E-state index in [0.717, 1.165) is 19.4 Å². The van der Waals surface area contributed by atoms with Crippen LogP contribution in [0.15, 0.2) is 24.4 Å². The lowest BCUT2D eigenvalue weighted by Crippen LogP contribution is -2.41. The third-order valence-electron chi connectivity index (χ3n) is 2.68. The number of anilines is 1. The van der Waals surface area contributed by atoms with E-state index in [0.29, 0.717) is 5.82 Å². The fourth-order valence-electron chi connectivity index (χ4n) is 1.79. The monoisotopic (exact) mass is 205 g/mol. The van der Waals surface area contributed by atoms with Gasteiger partial charge in [0.25, 0.3) is 0 Å². The second kappa shape index (κ2) is 4.40. The zero-order chi connectivity index (χ0) is 10.7. The number of nitrogens with one attached hydrogen (secondary N) is 1. The Hall–Kier alpha value is -1.42. The lowest BCUT2D eigenvalue weighted by atomic mass is 10.2. The van der Waals surface area contributed by atoms with Crippen molar-refractivity contribution in [2.75, 3.05) is 18.5 Å². The predicted molar refractivity (Wildman–Crippen MR) is 58.7 cm³/mol. The number of hydrogen-bond acceptors (Lipinski definition) is 3. The van der Waals surface area contributed by atoms with Gasteiger partial charge < -0.3 is 5.32 Å². The smallest absolute Gasteiger partial charge is 0.245 e. The summed E-state index contributed by atoms with van der Waals surface area (Å²) in [6.07, 6.45) is 3.70. The van der Waals surface area contributed by atoms with Gasteiger partial charge in [0.05, 0.1) is 6.04 Å². The van der Waals surface area contributed by atoms with Crippen LogP contribution in [-0.2, 0) is 4.79 Å². The molecule has 1 aliphatic heterocycles. The molecule has 2 heterocycles. The van der Waals surface area contributed by atoms with Crippen molar-refractivity contribution in [1.82, 2.24) is 10.3 Å². The number of pyridine rings is 1. The van der Waals surface area contributed by atoms with Crippen LogP contribution in [-0.4, -0.2) is 30.5 Å². The van der Waals surface area contributed by atoms with Crippen LogP contribution in [0.3, 0.4) is 0 Å². The number of hydrogen-bond donors (Lipinski definition) is 1. The molecule has 1 saturated heterocycles. The highest BCUT2D eigenvalue weighted by Crippen LogP contribution is 2.12. The van der Waals surface area contributed by atoms with Crippen molar-refractivity contribution in [1.29, 1.82) is 0 Å². The lowest BCUT2D eigenvalue weighted by molar-refractivity contribution is -0.120. The normalized spacial score (nSPS) is 20.2. The van der Waals surface area contributed by atoms with Gasteiger partial charge in [0.1, 0.15) is 5.82 Å². The Kier molecular flexibility index (Phi) is 2.97. The summed E-state index contributed by atoms with van der Waals surface area (Å²) in [5, 5.41) is 3.19. The van der Waals surface area contributed by atoms with Gasteiger partial charge in [-0.3, -0.25) is 9.69 Å². The first-order chi connectivity index (χ1) is 7.29. The minimum Gasteiger partial charge on any atom is -0.306 e. The van der Waals surface area contributed by atoms with Crippen LogP contribution in [0.5, 0.6) is 0 Å². The fraction of sp³-hybridized carbons (Fsp3) is 0.455. The van der Waals surface area contributed by atoms with Gasteiger partial charge in [-0.25, -0.2) is 4.98 Å². The molecule has 1 N–H and O–H groups in total. The third kappa shape index (κ3) is 2.15. The maximum atomic E-state index is 12.0. The van der Waals surface area contributed by atoms with Gasteiger partial charge >= 0.3 is 0 Å². The van der Waals surface area contributed by atoms with Gasteiger partial charge in [0, 0.05) is 13.2 Å². The summed E-state index contributed by atoms with van der Waals surface area (Å²) in [6, 6.07) is 5.54. The topological polar surface area (TPSA) is 45.2 Å². The highest BCUT2D eigenvalue weighted by Gasteiger charge is 2.25. The van der Waals surface area contributed by atoms with Crippen LogP contribution in [0.25, 0.3) is 0 Å². The lowest BCUT2D eigenvalue weighted by Gasteiger charge is -2.19. The molecule has 1 aromatic heterocycles. The molecule has 0 spiro atoms. The van der Waals surface area contributed by atoms with Crippen molar-refractivity contribution >= 4 is 11.7 Å². The molecule has 2 rings (SSSR count). The molecule has 4 heteroatoms. The molecule has 0 aliphatic carbocycles. The van der Waals surface area contributed by atoms with Crippen molar-refractivity contribution < 1.29 is 4.79 Å². The summed E-state index contributed by atoms with van der Waals surface area (Å²) in [6.45, 7) is 0.937. The van der Waals surface area contributed by atoms with E-state index in [-0.39, 0.29) is 11.9 Å². The molecular formula is C11H15N3O. The highest BCUT2D eigenvalue weighted by atomic mass is 16.2. The Morgan fingerprint density at radius 1 is 1.60 bits per heavy atom. The molecule has 1 unspecified atom stereocenters. The van der Waals surface area contributed by atoms with E-state index in [4.69, 9.17) is 0 Å². The minimum absolute atomic E-state index is 0.0305. The van der Waals surface area contributed by atoms with Gasteiger partial charge in [0.15, 0.2) is 0 Å². The average molecular weight is 205 g/mol. The van der Waals surface area contributed by atoms with E-state index in [9.17, 15) is 4.79 Å². The Bertz CT molecular complexity index is 333. The van der Waals surface area contributed by atoms with Crippen LogP contribution in [0.4, 0.5) is 5.82 Å². The standard InChI is InChI=1S/C11H15N3O/c1-14(10-6-2-3-7-13-10)11(15)9-5-4-8-12-9/h2-3,6-7,9,12H,4-5,8H2,1H3. The summed E-state index contributed by atoms with van der Waals surface area (Å²) in [7, 11) is 1.77. The molecule has 15 heavy (non-hydrogen) atoms. The van der Waals surface area contributed by atoms with Gasteiger partial charge in [0.2, 0.25) is 5.91 Å². The van der Waals surface area contributed by atoms with E-state index in [1.165, 1.54) is 0 Å². The van der Waals surface area contributed by atoms with Crippen molar-refractivity contribution in [3.8, 4) is 0 Å². The summed E-state index contributed by atoms with van der Waals surface area (Å²) >= 11 is 0. The first kappa shape index (κ1) is 10.1. The van der Waals surface area contributed by atoms with Crippen LogP contribution in [0.1, 0.15) is 12.8 Å². The molecule has 0 saturated carbocycles. The molecule has 4 nitrogen and oxygen atoms in total. The second-order valence-corrected chi connectivity index (χ2v) is 3.73. The fourth-order valence-corrected chi connectivity index (χ4v) is 1.79. The predicted octanol–water partition coefficient (Wildman–Crippen LogP) is 0.796. The molecule has 1 amide bonds. The quantitative estimate of drug-likeness (QED) is 0.776. The van der Waals surface area contributed by atoms with E-state index >= 15 is 0 Å². The number of carbonyl (C=O) groups excluding carboxylic acids is 1. The van der Waals surface area contributed by atoms with Crippen molar-refractivity contribution in [2.24, 2.45) is 0 Å². The third-order valence-corrected chi connectivity index (χ3v) is 2.68. The molecule has 1 aliphatic rings. The van der Waals surface area contributed by atoms with Crippen LogP contribution >= 0.6 is 0 Å². The molecule has 1 fully saturated rings. The minimum atomic E-state index is -0.0305. The van der Waals surface area contributed by atoms with Crippen molar-refractivity contribution in [3.63, 3.8) is 0 Å². The van der Waals surface area contributed by atoms with Crippen molar-refractivity contribution in [2.45, 2.75) is 18.9 Å². The molecule has 1 atom stereocenters. The SMILES string of the molecule is CN(C(=O)C1CCCN1)c1ccccn1. The summed E-state index contributed by atoms with van der Waals surface area (Å²) in [4.78, 5) is 17.7. The first-order valence-electron chi connectivity index (χ1n) is 5.21.